The van der Waals surface area contributed by atoms with Crippen LogP contribution in [0.15, 0.2) is 51.2 Å². The predicted octanol–water partition coefficient (Wildman–Crippen LogP) is 3.28. The van der Waals surface area contributed by atoms with E-state index in [1.807, 2.05) is 32.2 Å². The molecule has 0 radical (unpaired) electrons. The third kappa shape index (κ3) is 2.04. The summed E-state index contributed by atoms with van der Waals surface area (Å²) in [6, 6.07) is 2.83. The smallest absolute Gasteiger partial charge is 0.250 e. The van der Waals surface area contributed by atoms with E-state index in [-0.39, 0.29) is 5.71 Å². The quantitative estimate of drug-likeness (QED) is 0.758. The molecule has 2 bridgehead atoms. The molecule has 6 heteroatoms. The number of hydrogen-bond acceptors (Lipinski definition) is 5. The fourth-order valence-corrected chi connectivity index (χ4v) is 2.55. The molecule has 3 heterocycles. The van der Waals surface area contributed by atoms with Gasteiger partial charge in [0, 0.05) is 30.4 Å². The van der Waals surface area contributed by atoms with Gasteiger partial charge >= 0.3 is 0 Å². The molecule has 0 unspecified atom stereocenters. The van der Waals surface area contributed by atoms with Crippen LogP contribution in [0, 0.1) is 5.95 Å². The van der Waals surface area contributed by atoms with Crippen molar-refractivity contribution >= 4 is 22.6 Å². The summed E-state index contributed by atoms with van der Waals surface area (Å²) in [5, 5.41) is 0. The minimum absolute atomic E-state index is 0.200. The van der Waals surface area contributed by atoms with E-state index >= 15 is 0 Å². The summed E-state index contributed by atoms with van der Waals surface area (Å²) in [4.78, 5) is 14.7. The molecule has 0 N–H and O–H groups in total. The first-order chi connectivity index (χ1) is 10.6. The molecule has 4 rings (SSSR count). The normalized spacial score (nSPS) is 17.7. The first kappa shape index (κ1) is 12.9. The van der Waals surface area contributed by atoms with Crippen molar-refractivity contribution in [2.24, 2.45) is 4.99 Å². The standard InChI is InChI=1S/C16H13FN4O/c1-9-18-11-7-10(3-4-12(8-11)21(9)2)15-19-13-5-6-14(17)20-16(13)22-15/h3-7H,8H2,1-2H3. The van der Waals surface area contributed by atoms with Crippen LogP contribution in [-0.2, 0) is 0 Å². The van der Waals surface area contributed by atoms with Crippen molar-refractivity contribution in [3.8, 4) is 0 Å². The van der Waals surface area contributed by atoms with Gasteiger partial charge in [0.15, 0.2) is 0 Å². The van der Waals surface area contributed by atoms with Gasteiger partial charge in [0.05, 0.1) is 0 Å². The Morgan fingerprint density at radius 2 is 2.09 bits per heavy atom. The number of amidine groups is 1. The SMILES string of the molecule is CC1=NC2=CC(c3nc4ccc(F)nc4o3)=CC=C(C2)N1C. The number of nitrogens with zero attached hydrogens (tertiary/aromatic N) is 4. The van der Waals surface area contributed by atoms with Crippen molar-refractivity contribution in [2.75, 3.05) is 7.05 Å². The van der Waals surface area contributed by atoms with Crippen molar-refractivity contribution in [1.29, 1.82) is 0 Å². The zero-order valence-electron chi connectivity index (χ0n) is 12.2. The summed E-state index contributed by atoms with van der Waals surface area (Å²) in [5.74, 6) is 0.781. The zero-order valence-corrected chi connectivity index (χ0v) is 12.2. The molecule has 0 amide bonds. The van der Waals surface area contributed by atoms with E-state index in [4.69, 9.17) is 4.42 Å². The average Bonchev–Trinajstić information content (AvgIpc) is 2.81. The molecule has 2 aromatic rings. The van der Waals surface area contributed by atoms with Crippen LogP contribution in [0.5, 0.6) is 0 Å². The summed E-state index contributed by atoms with van der Waals surface area (Å²) in [7, 11) is 1.99. The van der Waals surface area contributed by atoms with E-state index in [1.165, 1.54) is 6.07 Å². The molecule has 0 fully saturated rings. The van der Waals surface area contributed by atoms with Gasteiger partial charge in [0.25, 0.3) is 0 Å². The highest BCUT2D eigenvalue weighted by Crippen LogP contribution is 2.30. The van der Waals surface area contributed by atoms with Crippen LogP contribution >= 0.6 is 0 Å². The maximum Gasteiger partial charge on any atom is 0.250 e. The molecule has 0 saturated heterocycles. The second kappa shape index (κ2) is 4.62. The number of allylic oxidation sites excluding steroid dienone is 4. The van der Waals surface area contributed by atoms with Crippen LogP contribution < -0.4 is 0 Å². The van der Waals surface area contributed by atoms with E-state index in [9.17, 15) is 4.39 Å². The summed E-state index contributed by atoms with van der Waals surface area (Å²) in [6.07, 6.45) is 6.68. The maximum absolute atomic E-state index is 13.2. The van der Waals surface area contributed by atoms with Crippen LogP contribution in [0.2, 0.25) is 0 Å². The zero-order chi connectivity index (χ0) is 15.3. The van der Waals surface area contributed by atoms with Gasteiger partial charge < -0.3 is 9.32 Å². The van der Waals surface area contributed by atoms with Crippen molar-refractivity contribution in [3.63, 3.8) is 0 Å². The first-order valence-corrected chi connectivity index (χ1v) is 6.94. The van der Waals surface area contributed by atoms with Crippen LogP contribution in [0.1, 0.15) is 19.2 Å². The van der Waals surface area contributed by atoms with Crippen molar-refractivity contribution in [3.05, 3.63) is 53.6 Å². The highest BCUT2D eigenvalue weighted by molar-refractivity contribution is 5.86. The number of hydrogen-bond donors (Lipinski definition) is 0. The Morgan fingerprint density at radius 3 is 2.95 bits per heavy atom. The van der Waals surface area contributed by atoms with Crippen molar-refractivity contribution in [2.45, 2.75) is 13.3 Å². The number of oxazole rings is 1. The van der Waals surface area contributed by atoms with E-state index < -0.39 is 5.95 Å². The topological polar surface area (TPSA) is 54.5 Å². The average molecular weight is 296 g/mol. The van der Waals surface area contributed by atoms with Gasteiger partial charge in [0.2, 0.25) is 17.6 Å². The number of aliphatic imine (C=N–C) groups is 1. The third-order valence-corrected chi connectivity index (χ3v) is 3.83. The summed E-state index contributed by atoms with van der Waals surface area (Å²) in [5.41, 5.74) is 3.65. The highest BCUT2D eigenvalue weighted by Gasteiger charge is 2.20. The lowest BCUT2D eigenvalue weighted by atomic mass is 10.1. The molecule has 2 aromatic heterocycles. The van der Waals surface area contributed by atoms with E-state index in [0.29, 0.717) is 11.4 Å². The maximum atomic E-state index is 13.2. The molecular formula is C16H13FN4O. The van der Waals surface area contributed by atoms with Crippen LogP contribution in [-0.4, -0.2) is 27.8 Å². The predicted molar refractivity (Wildman–Crippen MR) is 81.4 cm³/mol. The third-order valence-electron chi connectivity index (χ3n) is 3.83. The first-order valence-electron chi connectivity index (χ1n) is 6.94. The number of rotatable bonds is 1. The lowest BCUT2D eigenvalue weighted by Gasteiger charge is -2.26. The molecule has 1 aliphatic carbocycles. The van der Waals surface area contributed by atoms with E-state index in [0.717, 1.165) is 29.2 Å². The van der Waals surface area contributed by atoms with Crippen LogP contribution in [0.4, 0.5) is 4.39 Å². The lowest BCUT2D eigenvalue weighted by molar-refractivity contribution is 0.544. The minimum atomic E-state index is -0.580. The van der Waals surface area contributed by atoms with Crippen molar-refractivity contribution in [1.82, 2.24) is 14.9 Å². The van der Waals surface area contributed by atoms with Gasteiger partial charge in [-0.3, -0.25) is 0 Å². The molecule has 0 aromatic carbocycles. The molecule has 5 nitrogen and oxygen atoms in total. The Balaban J connectivity index is 1.83. The Labute approximate surface area is 126 Å². The van der Waals surface area contributed by atoms with Crippen LogP contribution in [0.3, 0.4) is 0 Å². The Hall–Kier alpha value is -2.76. The molecule has 22 heavy (non-hydrogen) atoms. The van der Waals surface area contributed by atoms with Crippen molar-refractivity contribution < 1.29 is 8.81 Å². The Morgan fingerprint density at radius 1 is 1.23 bits per heavy atom. The summed E-state index contributed by atoms with van der Waals surface area (Å²) in [6.45, 7) is 1.97. The molecule has 2 aliphatic rings. The van der Waals surface area contributed by atoms with Gasteiger partial charge in [-0.2, -0.15) is 9.37 Å². The van der Waals surface area contributed by atoms with Gasteiger partial charge in [-0.05, 0) is 37.3 Å². The Kier molecular flexibility index (Phi) is 2.72. The number of halogens is 1. The molecule has 110 valence electrons. The second-order valence-corrected chi connectivity index (χ2v) is 5.29. The summed E-state index contributed by atoms with van der Waals surface area (Å²) >= 11 is 0. The molecule has 1 aliphatic heterocycles. The Bertz CT molecular complexity index is 904. The van der Waals surface area contributed by atoms with Gasteiger partial charge in [0.1, 0.15) is 11.4 Å². The molecular weight excluding hydrogens is 283 g/mol. The van der Waals surface area contributed by atoms with E-state index in [2.05, 4.69) is 19.9 Å². The van der Waals surface area contributed by atoms with E-state index in [1.54, 1.807) is 6.07 Å². The fraction of sp³-hybridized carbons (Fsp3) is 0.188. The number of fused-ring (bicyclic) bond motifs is 3. The largest absolute Gasteiger partial charge is 0.418 e. The second-order valence-electron chi connectivity index (χ2n) is 5.29. The minimum Gasteiger partial charge on any atom is -0.418 e. The fourth-order valence-electron chi connectivity index (χ4n) is 2.55. The van der Waals surface area contributed by atoms with Gasteiger partial charge in [-0.1, -0.05) is 0 Å². The number of aromatic nitrogens is 2. The molecule has 0 atom stereocenters. The summed E-state index contributed by atoms with van der Waals surface area (Å²) < 4.78 is 18.7. The van der Waals surface area contributed by atoms with Gasteiger partial charge in [-0.25, -0.2) is 9.98 Å². The molecule has 0 saturated carbocycles. The lowest BCUT2D eigenvalue weighted by Crippen LogP contribution is -2.26. The van der Waals surface area contributed by atoms with Crippen LogP contribution in [0.25, 0.3) is 16.8 Å². The molecule has 0 spiro atoms. The highest BCUT2D eigenvalue weighted by atomic mass is 19.1. The monoisotopic (exact) mass is 296 g/mol. The number of pyridine rings is 1. The van der Waals surface area contributed by atoms with Gasteiger partial charge in [-0.15, -0.1) is 0 Å².